The van der Waals surface area contributed by atoms with E-state index < -0.39 is 0 Å². The molecule has 1 saturated carbocycles. The van der Waals surface area contributed by atoms with Gasteiger partial charge in [-0.05, 0) is 36.3 Å². The largest absolute Gasteiger partial charge is 0.462 e. The first-order valence-electron chi connectivity index (χ1n) is 7.68. The smallest absolute Gasteiger partial charge is 0.338 e. The van der Waals surface area contributed by atoms with Crippen LogP contribution in [0.2, 0.25) is 0 Å². The molecule has 1 aliphatic carbocycles. The second-order valence-corrected chi connectivity index (χ2v) is 5.57. The normalized spacial score (nSPS) is 15.8. The maximum atomic E-state index is 11.8. The van der Waals surface area contributed by atoms with E-state index in [0.29, 0.717) is 18.1 Å². The van der Waals surface area contributed by atoms with Crippen LogP contribution < -0.4 is 0 Å². The number of benzene rings is 1. The Kier molecular flexibility index (Phi) is 5.40. The Hall–Kier alpha value is -1.57. The average Bonchev–Trinajstić information content (AvgIpc) is 2.53. The summed E-state index contributed by atoms with van der Waals surface area (Å²) in [4.78, 5) is 11.8. The van der Waals surface area contributed by atoms with Gasteiger partial charge in [-0.2, -0.15) is 0 Å². The van der Waals surface area contributed by atoms with Crippen LogP contribution in [0.4, 0.5) is 0 Å². The summed E-state index contributed by atoms with van der Waals surface area (Å²) in [6.45, 7) is 6.28. The minimum atomic E-state index is -0.308. The van der Waals surface area contributed by atoms with Crippen molar-refractivity contribution >= 4 is 11.5 Å². The molecule has 0 aromatic heterocycles. The highest BCUT2D eigenvalue weighted by Crippen LogP contribution is 2.33. The Morgan fingerprint density at radius 2 is 1.85 bits per heavy atom. The number of hydrogen-bond donors (Lipinski definition) is 0. The second-order valence-electron chi connectivity index (χ2n) is 5.57. The van der Waals surface area contributed by atoms with Gasteiger partial charge in [-0.1, -0.05) is 57.0 Å². The van der Waals surface area contributed by atoms with Gasteiger partial charge in [0.2, 0.25) is 0 Å². The quantitative estimate of drug-likeness (QED) is 0.573. The summed E-state index contributed by atoms with van der Waals surface area (Å²) in [6, 6.07) is 8.28. The van der Waals surface area contributed by atoms with Crippen molar-refractivity contribution in [3.63, 3.8) is 0 Å². The van der Waals surface area contributed by atoms with Crippen molar-refractivity contribution in [1.29, 1.82) is 0 Å². The van der Waals surface area contributed by atoms with Crippen molar-refractivity contribution in [3.05, 3.63) is 42.0 Å². The maximum absolute atomic E-state index is 11.8. The van der Waals surface area contributed by atoms with Crippen molar-refractivity contribution in [3.8, 4) is 0 Å². The van der Waals surface area contributed by atoms with E-state index in [1.807, 2.05) is 19.1 Å². The number of carbonyl (C=O) groups excluding carboxylic acids is 1. The molecule has 20 heavy (non-hydrogen) atoms. The first-order valence-corrected chi connectivity index (χ1v) is 7.68. The Morgan fingerprint density at radius 3 is 2.45 bits per heavy atom. The predicted molar refractivity (Wildman–Crippen MR) is 82.6 cm³/mol. The van der Waals surface area contributed by atoms with E-state index in [-0.39, 0.29) is 5.97 Å². The van der Waals surface area contributed by atoms with E-state index >= 15 is 0 Å². The highest BCUT2D eigenvalue weighted by Gasteiger charge is 2.16. The lowest BCUT2D eigenvalue weighted by molar-refractivity contribution is -0.136. The van der Waals surface area contributed by atoms with Crippen LogP contribution in [0.25, 0.3) is 5.57 Å². The maximum Gasteiger partial charge on any atom is 0.338 e. The zero-order valence-corrected chi connectivity index (χ0v) is 12.4. The molecule has 2 heteroatoms. The third-order valence-electron chi connectivity index (χ3n) is 4.02. The molecule has 1 fully saturated rings. The Bertz CT molecular complexity index is 453. The number of carbonyl (C=O) groups is 1. The minimum absolute atomic E-state index is 0.308. The fourth-order valence-corrected chi connectivity index (χ4v) is 2.79. The van der Waals surface area contributed by atoms with E-state index in [0.717, 1.165) is 12.0 Å². The van der Waals surface area contributed by atoms with Crippen molar-refractivity contribution in [2.75, 3.05) is 6.61 Å². The monoisotopic (exact) mass is 272 g/mol. The molecule has 0 heterocycles. The van der Waals surface area contributed by atoms with Gasteiger partial charge in [-0.15, -0.1) is 0 Å². The van der Waals surface area contributed by atoms with E-state index in [2.05, 4.69) is 18.7 Å². The van der Waals surface area contributed by atoms with Crippen molar-refractivity contribution in [1.82, 2.24) is 0 Å². The molecular formula is C18H24O2. The van der Waals surface area contributed by atoms with Gasteiger partial charge in [-0.3, -0.25) is 0 Å². The van der Waals surface area contributed by atoms with E-state index in [9.17, 15) is 4.79 Å². The molecule has 0 bridgehead atoms. The van der Waals surface area contributed by atoms with Crippen LogP contribution in [0.5, 0.6) is 0 Å². The molecule has 0 radical (unpaired) electrons. The van der Waals surface area contributed by atoms with Gasteiger partial charge in [0, 0.05) is 0 Å². The van der Waals surface area contributed by atoms with Gasteiger partial charge in [0.15, 0.2) is 0 Å². The topological polar surface area (TPSA) is 26.3 Å². The summed E-state index contributed by atoms with van der Waals surface area (Å²) in [5, 5.41) is 0. The van der Waals surface area contributed by atoms with Crippen LogP contribution in [-0.2, 0) is 9.53 Å². The number of rotatable bonds is 5. The van der Waals surface area contributed by atoms with Gasteiger partial charge >= 0.3 is 5.97 Å². The molecule has 1 aliphatic rings. The highest BCUT2D eigenvalue weighted by atomic mass is 16.5. The summed E-state index contributed by atoms with van der Waals surface area (Å²) in [5.74, 6) is 0.385. The minimum Gasteiger partial charge on any atom is -0.462 e. The summed E-state index contributed by atoms with van der Waals surface area (Å²) < 4.78 is 5.12. The van der Waals surface area contributed by atoms with Crippen LogP contribution in [0.3, 0.4) is 0 Å². The number of esters is 1. The van der Waals surface area contributed by atoms with E-state index in [4.69, 9.17) is 4.74 Å². The first kappa shape index (κ1) is 14.8. The molecule has 0 aliphatic heterocycles. The zero-order valence-electron chi connectivity index (χ0n) is 12.4. The predicted octanol–water partition coefficient (Wildman–Crippen LogP) is 4.70. The molecule has 108 valence electrons. The fourth-order valence-electron chi connectivity index (χ4n) is 2.79. The average molecular weight is 272 g/mol. The summed E-state index contributed by atoms with van der Waals surface area (Å²) in [7, 11) is 0. The molecule has 0 saturated heterocycles. The third kappa shape index (κ3) is 3.72. The zero-order chi connectivity index (χ0) is 14.4. The SMILES string of the molecule is C=C(C(=O)OCCC)c1ccc(C2CCCCC2)cc1. The van der Waals surface area contributed by atoms with Gasteiger partial charge in [0.1, 0.15) is 0 Å². The van der Waals surface area contributed by atoms with E-state index in [1.54, 1.807) is 0 Å². The molecule has 0 N–H and O–H groups in total. The fraction of sp³-hybridized carbons (Fsp3) is 0.500. The van der Waals surface area contributed by atoms with Gasteiger partial charge in [0.25, 0.3) is 0 Å². The number of hydrogen-bond acceptors (Lipinski definition) is 2. The molecule has 0 atom stereocenters. The Morgan fingerprint density at radius 1 is 1.20 bits per heavy atom. The van der Waals surface area contributed by atoms with Crippen LogP contribution in [0.15, 0.2) is 30.8 Å². The van der Waals surface area contributed by atoms with Crippen LogP contribution >= 0.6 is 0 Å². The van der Waals surface area contributed by atoms with Gasteiger partial charge < -0.3 is 4.74 Å². The summed E-state index contributed by atoms with van der Waals surface area (Å²) in [6.07, 6.45) is 7.46. The lowest BCUT2D eigenvalue weighted by Crippen LogP contribution is -2.08. The van der Waals surface area contributed by atoms with Gasteiger partial charge in [-0.25, -0.2) is 4.79 Å². The van der Waals surface area contributed by atoms with Crippen molar-refractivity contribution < 1.29 is 9.53 Å². The summed E-state index contributed by atoms with van der Waals surface area (Å²) in [5.41, 5.74) is 2.71. The first-order chi connectivity index (χ1) is 9.72. The Balaban J connectivity index is 2.00. The van der Waals surface area contributed by atoms with Crippen molar-refractivity contribution in [2.45, 2.75) is 51.4 Å². The third-order valence-corrected chi connectivity index (χ3v) is 4.02. The second kappa shape index (κ2) is 7.28. The van der Waals surface area contributed by atoms with Crippen LogP contribution in [0.1, 0.15) is 62.5 Å². The standard InChI is InChI=1S/C18H24O2/c1-3-13-20-18(19)14(2)15-9-11-17(12-10-15)16-7-5-4-6-8-16/h9-12,16H,2-8,13H2,1H3. The molecule has 0 amide bonds. The lowest BCUT2D eigenvalue weighted by Gasteiger charge is -2.22. The molecule has 1 aromatic carbocycles. The molecule has 1 aromatic rings. The van der Waals surface area contributed by atoms with Crippen molar-refractivity contribution in [2.24, 2.45) is 0 Å². The molecule has 2 rings (SSSR count). The molecule has 0 unspecified atom stereocenters. The number of ether oxygens (including phenoxy) is 1. The summed E-state index contributed by atoms with van der Waals surface area (Å²) >= 11 is 0. The van der Waals surface area contributed by atoms with Crippen LogP contribution in [-0.4, -0.2) is 12.6 Å². The van der Waals surface area contributed by atoms with Gasteiger partial charge in [0.05, 0.1) is 12.2 Å². The molecule has 2 nitrogen and oxygen atoms in total. The Labute approximate surface area is 121 Å². The van der Waals surface area contributed by atoms with Crippen LogP contribution in [0, 0.1) is 0 Å². The molecular weight excluding hydrogens is 248 g/mol. The molecule has 0 spiro atoms. The lowest BCUT2D eigenvalue weighted by atomic mass is 9.84. The van der Waals surface area contributed by atoms with E-state index in [1.165, 1.54) is 37.7 Å². The highest BCUT2D eigenvalue weighted by molar-refractivity contribution is 6.15.